The van der Waals surface area contributed by atoms with E-state index in [0.29, 0.717) is 16.7 Å². The SMILES string of the molecule is CN(C)CCC(CSc1ccccc1)Nc1ccc(S(=O)(=O)Nc2ncnc3cc(N4CCN(Cc5ccccc5-c5ccccc5Cl)CC4)ccc23)cc1[N+](=O)[O-]. The van der Waals surface area contributed by atoms with Gasteiger partial charge in [-0.3, -0.25) is 19.7 Å². The van der Waals surface area contributed by atoms with Crippen LogP contribution in [0, 0.1) is 10.1 Å². The predicted octanol–water partition coefficient (Wildman–Crippen LogP) is 8.51. The van der Waals surface area contributed by atoms with E-state index < -0.39 is 14.9 Å². The lowest BCUT2D eigenvalue weighted by Crippen LogP contribution is -2.46. The molecule has 15 heteroatoms. The molecule has 2 N–H and O–H groups in total. The average Bonchev–Trinajstić information content (AvgIpc) is 3.22. The second kappa shape index (κ2) is 18.6. The molecule has 7 rings (SSSR count). The Bertz CT molecular complexity index is 2480. The third kappa shape index (κ3) is 10.1. The molecule has 1 fully saturated rings. The summed E-state index contributed by atoms with van der Waals surface area (Å²) >= 11 is 8.21. The zero-order valence-electron chi connectivity index (χ0n) is 32.3. The van der Waals surface area contributed by atoms with E-state index in [1.165, 1.54) is 24.0 Å². The van der Waals surface area contributed by atoms with Crippen LogP contribution >= 0.6 is 23.4 Å². The van der Waals surface area contributed by atoms with Crippen molar-refractivity contribution in [3.05, 3.63) is 142 Å². The van der Waals surface area contributed by atoms with E-state index in [9.17, 15) is 18.5 Å². The molecule has 2 heterocycles. The number of piperazine rings is 1. The fourth-order valence-corrected chi connectivity index (χ4v) is 9.29. The van der Waals surface area contributed by atoms with Gasteiger partial charge in [0.25, 0.3) is 15.7 Å². The van der Waals surface area contributed by atoms with Crippen LogP contribution in [0.1, 0.15) is 12.0 Å². The highest BCUT2D eigenvalue weighted by atomic mass is 35.5. The monoisotopic (exact) mass is 836 g/mol. The number of nitrogens with zero attached hydrogens (tertiary/aromatic N) is 6. The highest BCUT2D eigenvalue weighted by molar-refractivity contribution is 7.99. The van der Waals surface area contributed by atoms with Gasteiger partial charge in [0, 0.05) is 77.1 Å². The van der Waals surface area contributed by atoms with Gasteiger partial charge in [0.15, 0.2) is 5.82 Å². The Hall–Kier alpha value is -5.25. The van der Waals surface area contributed by atoms with E-state index in [2.05, 4.69) is 59.0 Å². The lowest BCUT2D eigenvalue weighted by atomic mass is 9.99. The van der Waals surface area contributed by atoms with Crippen LogP contribution in [0.2, 0.25) is 5.02 Å². The molecule has 0 aliphatic carbocycles. The van der Waals surface area contributed by atoms with Crippen LogP contribution in [0.15, 0.2) is 131 Å². The Morgan fingerprint density at radius 3 is 2.34 bits per heavy atom. The number of nitrogens with one attached hydrogen (secondary N) is 2. The number of benzene rings is 5. The number of nitro groups is 1. The third-order valence-electron chi connectivity index (χ3n) is 10.1. The van der Waals surface area contributed by atoms with Crippen LogP contribution < -0.4 is 14.9 Å². The molecule has 0 amide bonds. The average molecular weight is 837 g/mol. The van der Waals surface area contributed by atoms with Crippen molar-refractivity contribution in [2.24, 2.45) is 0 Å². The summed E-state index contributed by atoms with van der Waals surface area (Å²) in [6, 6.07) is 35.7. The van der Waals surface area contributed by atoms with E-state index in [1.54, 1.807) is 11.8 Å². The van der Waals surface area contributed by atoms with Gasteiger partial charge in [0.2, 0.25) is 0 Å². The molecule has 5 aromatic carbocycles. The number of hydrogen-bond acceptors (Lipinski definition) is 11. The number of aromatic nitrogens is 2. The Balaban J connectivity index is 1.03. The van der Waals surface area contributed by atoms with Gasteiger partial charge in [-0.05, 0) is 86.7 Å². The molecule has 1 unspecified atom stereocenters. The summed E-state index contributed by atoms with van der Waals surface area (Å²) in [5.41, 5.74) is 4.86. The largest absolute Gasteiger partial charge is 0.376 e. The van der Waals surface area contributed by atoms with E-state index in [-0.39, 0.29) is 28.1 Å². The standard InChI is InChI=1S/C43H45ClN8O4S2/c1-49(2)21-20-32(29-57-34-11-4-3-5-12-34)47-40-19-17-35(27-42(40)52(53)54)58(55,56)48-43-38-18-16-33(26-41(38)45-30-46-43)51-24-22-50(23-25-51)28-31-10-6-7-13-36(31)37-14-8-9-15-39(37)44/h3-19,26-27,30,32,47H,20-25,28-29H2,1-2H3,(H,45,46,48). The Morgan fingerprint density at radius 2 is 1.60 bits per heavy atom. The summed E-state index contributed by atoms with van der Waals surface area (Å²) in [5, 5.41) is 16.9. The molecule has 1 saturated heterocycles. The van der Waals surface area contributed by atoms with Crippen molar-refractivity contribution in [2.75, 3.05) is 67.5 Å². The minimum atomic E-state index is -4.27. The first-order valence-corrected chi connectivity index (χ1v) is 21.8. The summed E-state index contributed by atoms with van der Waals surface area (Å²) in [5.74, 6) is 0.750. The molecular weight excluding hydrogens is 792 g/mol. The molecule has 12 nitrogen and oxygen atoms in total. The van der Waals surface area contributed by atoms with E-state index in [1.807, 2.05) is 86.9 Å². The van der Waals surface area contributed by atoms with Crippen molar-refractivity contribution in [3.8, 4) is 11.1 Å². The molecule has 1 aromatic heterocycles. The molecule has 0 bridgehead atoms. The molecule has 1 atom stereocenters. The fraction of sp³-hybridized carbons (Fsp3) is 0.256. The van der Waals surface area contributed by atoms with Crippen molar-refractivity contribution in [2.45, 2.75) is 28.8 Å². The first kappa shape index (κ1) is 40.9. The molecule has 300 valence electrons. The van der Waals surface area contributed by atoms with E-state index in [4.69, 9.17) is 11.6 Å². The van der Waals surface area contributed by atoms with E-state index in [0.717, 1.165) is 78.5 Å². The Kier molecular flexibility index (Phi) is 13.1. The molecule has 1 aliphatic heterocycles. The minimum Gasteiger partial charge on any atom is -0.376 e. The Morgan fingerprint density at radius 1 is 0.879 bits per heavy atom. The molecule has 58 heavy (non-hydrogen) atoms. The van der Waals surface area contributed by atoms with Crippen LogP contribution in [-0.4, -0.2) is 91.7 Å². The highest BCUT2D eigenvalue weighted by Crippen LogP contribution is 2.34. The highest BCUT2D eigenvalue weighted by Gasteiger charge is 2.25. The predicted molar refractivity (Wildman–Crippen MR) is 236 cm³/mol. The number of fused-ring (bicyclic) bond motifs is 1. The summed E-state index contributed by atoms with van der Waals surface area (Å²) < 4.78 is 30.0. The van der Waals surface area contributed by atoms with Gasteiger partial charge in [-0.1, -0.05) is 72.3 Å². The quantitative estimate of drug-likeness (QED) is 0.0552. The topological polar surface area (TPSA) is 137 Å². The van der Waals surface area contributed by atoms with Crippen molar-refractivity contribution >= 4 is 67.2 Å². The number of anilines is 3. The van der Waals surface area contributed by atoms with Crippen molar-refractivity contribution in [3.63, 3.8) is 0 Å². The summed E-state index contributed by atoms with van der Waals surface area (Å²) in [6.45, 7) is 4.88. The van der Waals surface area contributed by atoms with Gasteiger partial charge in [0.1, 0.15) is 12.0 Å². The lowest BCUT2D eigenvalue weighted by Gasteiger charge is -2.36. The molecular formula is C43H45ClN8O4S2. The molecule has 0 saturated carbocycles. The first-order valence-electron chi connectivity index (χ1n) is 19.0. The summed E-state index contributed by atoms with van der Waals surface area (Å²) in [4.78, 5) is 28.1. The number of rotatable bonds is 16. The fourth-order valence-electron chi connectivity index (χ4n) is 7.01. The Labute approximate surface area is 348 Å². The summed E-state index contributed by atoms with van der Waals surface area (Å²) in [7, 11) is -0.313. The number of hydrogen-bond donors (Lipinski definition) is 2. The van der Waals surface area contributed by atoms with Crippen LogP contribution in [0.25, 0.3) is 22.0 Å². The molecule has 0 spiro atoms. The number of nitro benzene ring substituents is 1. The first-order chi connectivity index (χ1) is 28.0. The van der Waals surface area contributed by atoms with Crippen molar-refractivity contribution in [1.82, 2.24) is 19.8 Å². The summed E-state index contributed by atoms with van der Waals surface area (Å²) in [6.07, 6.45) is 2.04. The van der Waals surface area contributed by atoms with Gasteiger partial charge >= 0.3 is 0 Å². The van der Waals surface area contributed by atoms with Crippen molar-refractivity contribution in [1.29, 1.82) is 0 Å². The maximum Gasteiger partial charge on any atom is 0.293 e. The zero-order chi connectivity index (χ0) is 40.6. The van der Waals surface area contributed by atoms with Gasteiger partial charge in [-0.25, -0.2) is 18.4 Å². The van der Waals surface area contributed by atoms with Gasteiger partial charge in [-0.15, -0.1) is 11.8 Å². The normalized spacial score (nSPS) is 14.1. The second-order valence-electron chi connectivity index (χ2n) is 14.4. The third-order valence-corrected chi connectivity index (χ3v) is 13.0. The van der Waals surface area contributed by atoms with Gasteiger partial charge in [0.05, 0.1) is 15.3 Å². The van der Waals surface area contributed by atoms with Gasteiger partial charge < -0.3 is 15.1 Å². The van der Waals surface area contributed by atoms with E-state index >= 15 is 0 Å². The van der Waals surface area contributed by atoms with Gasteiger partial charge in [-0.2, -0.15) is 0 Å². The molecule has 1 aliphatic rings. The van der Waals surface area contributed by atoms with Crippen LogP contribution in [0.3, 0.4) is 0 Å². The van der Waals surface area contributed by atoms with Crippen LogP contribution in [-0.2, 0) is 16.6 Å². The lowest BCUT2D eigenvalue weighted by molar-refractivity contribution is -0.384. The minimum absolute atomic E-state index is 0.0881. The number of thioether (sulfide) groups is 1. The van der Waals surface area contributed by atoms with Crippen LogP contribution in [0.5, 0.6) is 0 Å². The second-order valence-corrected chi connectivity index (χ2v) is 17.6. The van der Waals surface area contributed by atoms with Crippen LogP contribution in [0.4, 0.5) is 22.9 Å². The molecule has 0 radical (unpaired) electrons. The smallest absolute Gasteiger partial charge is 0.293 e. The molecule has 6 aromatic rings. The number of sulfonamides is 1. The maximum absolute atomic E-state index is 13.7. The number of halogens is 1. The van der Waals surface area contributed by atoms with Crippen molar-refractivity contribution < 1.29 is 13.3 Å². The zero-order valence-corrected chi connectivity index (χ0v) is 34.7. The maximum atomic E-state index is 13.7.